The highest BCUT2D eigenvalue weighted by molar-refractivity contribution is 7.89. The monoisotopic (exact) mass is 395 g/mol. The summed E-state index contributed by atoms with van der Waals surface area (Å²) in [5, 5.41) is 4.85. The topological polar surface area (TPSA) is 88.6 Å². The standard InChI is InChI=1S/C17H21N3O4S2/c1-24-15-7-6-13(26(22,23)20-9-4-2-3-5-10-20)12-14(15)16(21)19-17-18-8-11-25-17/h6-8,11-12H,2-5,9-10H2,1H3,(H,18,19,21). The van der Waals surface area contributed by atoms with Crippen LogP contribution < -0.4 is 10.1 Å². The molecule has 7 nitrogen and oxygen atoms in total. The van der Waals surface area contributed by atoms with E-state index in [2.05, 4.69) is 10.3 Å². The normalized spacial score (nSPS) is 16.0. The third-order valence-corrected chi connectivity index (χ3v) is 6.85. The van der Waals surface area contributed by atoms with Crippen molar-refractivity contribution in [3.05, 3.63) is 35.3 Å². The second kappa shape index (κ2) is 8.15. The number of hydrogen-bond donors (Lipinski definition) is 1. The molecule has 3 rings (SSSR count). The predicted molar refractivity (Wildman–Crippen MR) is 100 cm³/mol. The minimum absolute atomic E-state index is 0.101. The summed E-state index contributed by atoms with van der Waals surface area (Å²) in [5.41, 5.74) is 0.165. The molecule has 1 aliphatic rings. The molecule has 1 fully saturated rings. The molecule has 1 amide bonds. The molecule has 0 spiro atoms. The van der Waals surface area contributed by atoms with Crippen LogP contribution in [0.2, 0.25) is 0 Å². The molecular formula is C17H21N3O4S2. The highest BCUT2D eigenvalue weighted by Crippen LogP contribution is 2.27. The summed E-state index contributed by atoms with van der Waals surface area (Å²) < 4.78 is 32.7. The van der Waals surface area contributed by atoms with Gasteiger partial charge in [-0.05, 0) is 31.0 Å². The van der Waals surface area contributed by atoms with Gasteiger partial charge in [0.15, 0.2) is 5.13 Å². The minimum atomic E-state index is -3.64. The molecule has 2 heterocycles. The fourth-order valence-electron chi connectivity index (χ4n) is 2.91. The van der Waals surface area contributed by atoms with E-state index < -0.39 is 15.9 Å². The second-order valence-corrected chi connectivity index (χ2v) is 8.80. The number of carbonyl (C=O) groups is 1. The van der Waals surface area contributed by atoms with Gasteiger partial charge < -0.3 is 4.74 Å². The van der Waals surface area contributed by atoms with Crippen LogP contribution in [0.1, 0.15) is 36.0 Å². The number of hydrogen-bond acceptors (Lipinski definition) is 6. The fourth-order valence-corrected chi connectivity index (χ4v) is 4.97. The Labute approximate surface area is 157 Å². The van der Waals surface area contributed by atoms with Crippen LogP contribution in [-0.2, 0) is 10.0 Å². The number of nitrogens with one attached hydrogen (secondary N) is 1. The average Bonchev–Trinajstić information content (AvgIpc) is 2.99. The maximum atomic E-state index is 13.0. The lowest BCUT2D eigenvalue weighted by atomic mass is 10.2. The molecule has 0 unspecified atom stereocenters. The number of anilines is 1. The number of nitrogens with zero attached hydrogens (tertiary/aromatic N) is 2. The third kappa shape index (κ3) is 4.05. The molecule has 26 heavy (non-hydrogen) atoms. The third-order valence-electron chi connectivity index (χ3n) is 4.27. The minimum Gasteiger partial charge on any atom is -0.496 e. The molecule has 0 saturated carbocycles. The van der Waals surface area contributed by atoms with Crippen molar-refractivity contribution in [3.8, 4) is 5.75 Å². The number of ether oxygens (including phenoxy) is 1. The first-order valence-electron chi connectivity index (χ1n) is 8.41. The summed E-state index contributed by atoms with van der Waals surface area (Å²) in [6, 6.07) is 4.38. The van der Waals surface area contributed by atoms with Gasteiger partial charge in [0.2, 0.25) is 10.0 Å². The maximum Gasteiger partial charge on any atom is 0.261 e. The molecule has 1 N–H and O–H groups in total. The molecule has 1 saturated heterocycles. The summed E-state index contributed by atoms with van der Waals surface area (Å²) in [7, 11) is -2.20. The Morgan fingerprint density at radius 1 is 1.23 bits per heavy atom. The molecule has 1 aromatic carbocycles. The zero-order valence-electron chi connectivity index (χ0n) is 14.5. The van der Waals surface area contributed by atoms with Crippen molar-refractivity contribution >= 4 is 32.4 Å². The lowest BCUT2D eigenvalue weighted by Gasteiger charge is -2.20. The highest BCUT2D eigenvalue weighted by Gasteiger charge is 2.27. The lowest BCUT2D eigenvalue weighted by molar-refractivity contribution is 0.102. The largest absolute Gasteiger partial charge is 0.496 e. The van der Waals surface area contributed by atoms with Gasteiger partial charge >= 0.3 is 0 Å². The van der Waals surface area contributed by atoms with Gasteiger partial charge in [0.05, 0.1) is 17.6 Å². The molecule has 2 aromatic rings. The lowest BCUT2D eigenvalue weighted by Crippen LogP contribution is -2.32. The van der Waals surface area contributed by atoms with Crippen molar-refractivity contribution in [3.63, 3.8) is 0 Å². The number of thiazole rings is 1. The van der Waals surface area contributed by atoms with Crippen molar-refractivity contribution in [2.24, 2.45) is 0 Å². The molecule has 9 heteroatoms. The molecule has 0 bridgehead atoms. The van der Waals surface area contributed by atoms with E-state index in [1.54, 1.807) is 11.6 Å². The Balaban J connectivity index is 1.92. The Bertz CT molecular complexity index is 858. The van der Waals surface area contributed by atoms with Crippen LogP contribution in [0.5, 0.6) is 5.75 Å². The summed E-state index contributed by atoms with van der Waals surface area (Å²) in [5.74, 6) is -0.140. The van der Waals surface area contributed by atoms with Crippen LogP contribution in [0.4, 0.5) is 5.13 Å². The molecule has 1 aliphatic heterocycles. The van der Waals surface area contributed by atoms with E-state index in [-0.39, 0.29) is 10.5 Å². The molecule has 0 atom stereocenters. The Morgan fingerprint density at radius 3 is 2.58 bits per heavy atom. The number of sulfonamides is 1. The Kier molecular flexibility index (Phi) is 5.90. The van der Waals surface area contributed by atoms with Gasteiger partial charge in [-0.3, -0.25) is 10.1 Å². The van der Waals surface area contributed by atoms with Gasteiger partial charge in [0.1, 0.15) is 5.75 Å². The first kappa shape index (κ1) is 18.8. The van der Waals surface area contributed by atoms with Gasteiger partial charge in [-0.15, -0.1) is 11.3 Å². The zero-order valence-corrected chi connectivity index (χ0v) is 16.1. The molecular weight excluding hydrogens is 374 g/mol. The van der Waals surface area contributed by atoms with Gasteiger partial charge in [-0.2, -0.15) is 4.31 Å². The number of methoxy groups -OCH3 is 1. The van der Waals surface area contributed by atoms with Crippen LogP contribution in [0.25, 0.3) is 0 Å². The van der Waals surface area contributed by atoms with Gasteiger partial charge in [0.25, 0.3) is 5.91 Å². The number of amides is 1. The SMILES string of the molecule is COc1ccc(S(=O)(=O)N2CCCCCC2)cc1C(=O)Nc1nccs1. The average molecular weight is 396 g/mol. The van der Waals surface area contributed by atoms with E-state index in [4.69, 9.17) is 4.74 Å². The van der Waals surface area contributed by atoms with Gasteiger partial charge in [-0.25, -0.2) is 13.4 Å². The number of benzene rings is 1. The van der Waals surface area contributed by atoms with E-state index in [0.717, 1.165) is 25.7 Å². The Morgan fingerprint density at radius 2 is 1.96 bits per heavy atom. The van der Waals surface area contributed by atoms with Gasteiger partial charge in [0, 0.05) is 24.7 Å². The van der Waals surface area contributed by atoms with Crippen LogP contribution in [-0.4, -0.2) is 43.8 Å². The molecule has 0 aliphatic carbocycles. The van der Waals surface area contributed by atoms with Crippen molar-refractivity contribution < 1.29 is 17.9 Å². The molecule has 140 valence electrons. The maximum absolute atomic E-state index is 13.0. The van der Waals surface area contributed by atoms with Crippen molar-refractivity contribution in [2.45, 2.75) is 30.6 Å². The highest BCUT2D eigenvalue weighted by atomic mass is 32.2. The Hall–Kier alpha value is -1.97. The van der Waals surface area contributed by atoms with Crippen molar-refractivity contribution in [1.29, 1.82) is 0 Å². The quantitative estimate of drug-likeness (QED) is 0.841. The van der Waals surface area contributed by atoms with E-state index in [1.807, 2.05) is 0 Å². The van der Waals surface area contributed by atoms with Crippen molar-refractivity contribution in [1.82, 2.24) is 9.29 Å². The van der Waals surface area contributed by atoms with Crippen LogP contribution >= 0.6 is 11.3 Å². The first-order valence-corrected chi connectivity index (χ1v) is 10.7. The summed E-state index contributed by atoms with van der Waals surface area (Å²) >= 11 is 1.28. The van der Waals surface area contributed by atoms with E-state index in [0.29, 0.717) is 24.0 Å². The fraction of sp³-hybridized carbons (Fsp3) is 0.412. The summed E-state index contributed by atoms with van der Waals surface area (Å²) in [6.45, 7) is 1.02. The summed E-state index contributed by atoms with van der Waals surface area (Å²) in [4.78, 5) is 16.7. The van der Waals surface area contributed by atoms with Crippen molar-refractivity contribution in [2.75, 3.05) is 25.5 Å². The number of rotatable bonds is 5. The smallest absolute Gasteiger partial charge is 0.261 e. The summed E-state index contributed by atoms with van der Waals surface area (Å²) in [6.07, 6.45) is 5.36. The molecule has 1 aromatic heterocycles. The second-order valence-electron chi connectivity index (χ2n) is 5.97. The van der Waals surface area contributed by atoms with E-state index in [9.17, 15) is 13.2 Å². The number of aromatic nitrogens is 1. The molecule has 0 radical (unpaired) electrons. The zero-order chi connectivity index (χ0) is 18.6. The van der Waals surface area contributed by atoms with Crippen LogP contribution in [0, 0.1) is 0 Å². The van der Waals surface area contributed by atoms with Crippen LogP contribution in [0.15, 0.2) is 34.7 Å². The predicted octanol–water partition coefficient (Wildman–Crippen LogP) is 2.97. The van der Waals surface area contributed by atoms with E-state index in [1.165, 1.54) is 41.0 Å². The van der Waals surface area contributed by atoms with Crippen LogP contribution in [0.3, 0.4) is 0 Å². The van der Waals surface area contributed by atoms with Gasteiger partial charge in [-0.1, -0.05) is 12.8 Å². The first-order chi connectivity index (χ1) is 12.5. The number of carbonyl (C=O) groups excluding carboxylic acids is 1. The van der Waals surface area contributed by atoms with E-state index >= 15 is 0 Å².